The second kappa shape index (κ2) is 9.67. The van der Waals surface area contributed by atoms with Gasteiger partial charge in [-0.25, -0.2) is 4.98 Å². The molecule has 1 saturated heterocycles. The van der Waals surface area contributed by atoms with Crippen molar-refractivity contribution in [3.8, 4) is 5.75 Å². The lowest BCUT2D eigenvalue weighted by atomic mass is 10.1. The zero-order valence-corrected chi connectivity index (χ0v) is 20.8. The number of ether oxygens (including phenoxy) is 1. The van der Waals surface area contributed by atoms with Crippen LogP contribution in [0.2, 0.25) is 0 Å². The molecule has 35 heavy (non-hydrogen) atoms. The normalized spacial score (nSPS) is 16.1. The molecule has 1 aromatic carbocycles. The van der Waals surface area contributed by atoms with Gasteiger partial charge in [-0.3, -0.25) is 14.2 Å². The van der Waals surface area contributed by atoms with Crippen molar-refractivity contribution in [3.05, 3.63) is 74.5 Å². The minimum absolute atomic E-state index is 0.0957. The first-order valence-corrected chi connectivity index (χ1v) is 12.7. The minimum Gasteiger partial charge on any atom is -0.497 e. The van der Waals surface area contributed by atoms with Crippen molar-refractivity contribution < 1.29 is 9.53 Å². The molecule has 4 aromatic rings. The summed E-state index contributed by atoms with van der Waals surface area (Å²) in [6.45, 7) is 4.10. The highest BCUT2D eigenvalue weighted by Crippen LogP contribution is 2.32. The summed E-state index contributed by atoms with van der Waals surface area (Å²) >= 11 is 1.63. The summed E-state index contributed by atoms with van der Waals surface area (Å²) in [5, 5.41) is 4.13. The van der Waals surface area contributed by atoms with Crippen LogP contribution < -0.4 is 20.9 Å². The number of hydrogen-bond acceptors (Lipinski definition) is 7. The zero-order chi connectivity index (χ0) is 24.5. The molecule has 0 aliphatic carbocycles. The first-order chi connectivity index (χ1) is 17.0. The molecule has 0 amide bonds. The van der Waals surface area contributed by atoms with Crippen LogP contribution in [-0.2, 0) is 13.1 Å². The van der Waals surface area contributed by atoms with Gasteiger partial charge >= 0.3 is 0 Å². The summed E-state index contributed by atoms with van der Waals surface area (Å²) in [5.41, 5.74) is 9.84. The fourth-order valence-electron chi connectivity index (χ4n) is 4.89. The predicted molar refractivity (Wildman–Crippen MR) is 139 cm³/mol. The number of rotatable bonds is 7. The fraction of sp³-hybridized carbons (Fsp3) is 0.346. The van der Waals surface area contributed by atoms with E-state index in [2.05, 4.69) is 25.9 Å². The molecule has 0 radical (unpaired) electrons. The van der Waals surface area contributed by atoms with Crippen molar-refractivity contribution in [3.63, 3.8) is 0 Å². The van der Waals surface area contributed by atoms with Gasteiger partial charge in [-0.15, -0.1) is 0 Å². The van der Waals surface area contributed by atoms with E-state index >= 15 is 0 Å². The molecule has 1 atom stereocenters. The van der Waals surface area contributed by atoms with E-state index in [0.29, 0.717) is 28.9 Å². The summed E-state index contributed by atoms with van der Waals surface area (Å²) in [6, 6.07) is 9.12. The van der Waals surface area contributed by atoms with Crippen LogP contribution in [0.15, 0.2) is 52.2 Å². The fourth-order valence-corrected chi connectivity index (χ4v) is 5.55. The van der Waals surface area contributed by atoms with Crippen LogP contribution in [0.4, 0.5) is 5.82 Å². The van der Waals surface area contributed by atoms with E-state index in [9.17, 15) is 9.59 Å². The van der Waals surface area contributed by atoms with Gasteiger partial charge in [0.1, 0.15) is 22.6 Å². The Morgan fingerprint density at radius 1 is 1.31 bits per heavy atom. The third kappa shape index (κ3) is 4.49. The Hall–Kier alpha value is -3.43. The molecule has 0 saturated carbocycles. The summed E-state index contributed by atoms with van der Waals surface area (Å²) in [4.78, 5) is 33.7. The number of hydrogen-bond donors (Lipinski definition) is 1. The van der Waals surface area contributed by atoms with Crippen LogP contribution in [-0.4, -0.2) is 46.1 Å². The lowest BCUT2D eigenvalue weighted by Crippen LogP contribution is -2.44. The first kappa shape index (κ1) is 23.3. The van der Waals surface area contributed by atoms with E-state index in [-0.39, 0.29) is 23.9 Å². The van der Waals surface area contributed by atoms with Crippen LogP contribution in [0.3, 0.4) is 0 Å². The van der Waals surface area contributed by atoms with Crippen molar-refractivity contribution >= 4 is 34.0 Å². The standard InChI is InChI=1S/C26H29N5O3S/c1-17-23-24(26(33)30(16-28-23)14-22(32)19-5-3-7-21(11-19)34-2)31(12-18-8-10-35-15-18)25(17)29-9-4-6-20(27)13-29/h3,5,7-8,10-11,15-16,20H,4,6,9,12-14,27H2,1-2H3/t20-/m1/s1. The highest BCUT2D eigenvalue weighted by molar-refractivity contribution is 7.07. The van der Waals surface area contributed by atoms with E-state index in [1.54, 1.807) is 42.7 Å². The SMILES string of the molecule is COc1cccc(C(=O)Cn2cnc3c(C)c(N4CCC[C@@H](N)C4)n(Cc4ccsc4)c3c2=O)c1. The summed E-state index contributed by atoms with van der Waals surface area (Å²) in [5.74, 6) is 1.41. The second-order valence-corrected chi connectivity index (χ2v) is 9.82. The number of carbonyl (C=O) groups is 1. The summed E-state index contributed by atoms with van der Waals surface area (Å²) in [7, 11) is 1.56. The molecule has 182 valence electrons. The average Bonchev–Trinajstić information content (AvgIpc) is 3.47. The zero-order valence-electron chi connectivity index (χ0n) is 19.9. The Bertz CT molecular complexity index is 1420. The number of Topliss-reactive ketones (excluding diaryl/α,β-unsaturated/α-hetero) is 1. The van der Waals surface area contributed by atoms with Crippen LogP contribution in [0, 0.1) is 6.92 Å². The summed E-state index contributed by atoms with van der Waals surface area (Å²) < 4.78 is 8.70. The van der Waals surface area contributed by atoms with E-state index in [0.717, 1.165) is 42.9 Å². The maximum atomic E-state index is 13.8. The predicted octanol–water partition coefficient (Wildman–Crippen LogP) is 3.44. The van der Waals surface area contributed by atoms with Gasteiger partial charge < -0.3 is 19.9 Å². The molecule has 1 aliphatic rings. The third-order valence-corrected chi connectivity index (χ3v) is 7.35. The molecule has 4 heterocycles. The van der Waals surface area contributed by atoms with E-state index < -0.39 is 0 Å². The lowest BCUT2D eigenvalue weighted by Gasteiger charge is -2.33. The molecule has 1 aliphatic heterocycles. The van der Waals surface area contributed by atoms with Crippen molar-refractivity contribution in [1.29, 1.82) is 0 Å². The maximum Gasteiger partial charge on any atom is 0.278 e. The number of ketones is 1. The number of nitrogens with two attached hydrogens (primary N) is 1. The Morgan fingerprint density at radius 2 is 2.17 bits per heavy atom. The topological polar surface area (TPSA) is 95.4 Å². The molecule has 0 unspecified atom stereocenters. The Morgan fingerprint density at radius 3 is 2.91 bits per heavy atom. The molecule has 3 aromatic heterocycles. The third-order valence-electron chi connectivity index (χ3n) is 6.61. The number of aromatic nitrogens is 3. The Labute approximate surface area is 207 Å². The van der Waals surface area contributed by atoms with Gasteiger partial charge in [-0.1, -0.05) is 12.1 Å². The number of carbonyl (C=O) groups excluding carboxylic acids is 1. The van der Waals surface area contributed by atoms with Crippen LogP contribution >= 0.6 is 11.3 Å². The van der Waals surface area contributed by atoms with Gasteiger partial charge in [0.05, 0.1) is 26.5 Å². The smallest absolute Gasteiger partial charge is 0.278 e. The molecule has 9 heteroatoms. The molecule has 0 spiro atoms. The van der Waals surface area contributed by atoms with Crippen molar-refractivity contribution in [2.75, 3.05) is 25.1 Å². The van der Waals surface area contributed by atoms with Gasteiger partial charge in [0.2, 0.25) is 0 Å². The largest absolute Gasteiger partial charge is 0.497 e. The van der Waals surface area contributed by atoms with E-state index in [1.807, 2.05) is 12.3 Å². The van der Waals surface area contributed by atoms with Crippen molar-refractivity contribution in [2.24, 2.45) is 5.73 Å². The number of benzene rings is 1. The van der Waals surface area contributed by atoms with Gasteiger partial charge in [-0.05, 0) is 54.3 Å². The second-order valence-electron chi connectivity index (χ2n) is 9.04. The molecule has 1 fully saturated rings. The highest BCUT2D eigenvalue weighted by atomic mass is 32.1. The van der Waals surface area contributed by atoms with E-state index in [4.69, 9.17) is 10.5 Å². The molecule has 0 bridgehead atoms. The number of thiophene rings is 1. The molecular formula is C26H29N5O3S. The molecule has 2 N–H and O–H groups in total. The molecule has 5 rings (SSSR count). The van der Waals surface area contributed by atoms with Crippen LogP contribution in [0.1, 0.15) is 34.3 Å². The number of nitrogens with zero attached hydrogens (tertiary/aromatic N) is 4. The minimum atomic E-state index is -0.225. The highest BCUT2D eigenvalue weighted by Gasteiger charge is 2.27. The monoisotopic (exact) mass is 491 g/mol. The summed E-state index contributed by atoms with van der Waals surface area (Å²) in [6.07, 6.45) is 3.49. The van der Waals surface area contributed by atoms with Gasteiger partial charge in [0.15, 0.2) is 5.78 Å². The van der Waals surface area contributed by atoms with Gasteiger partial charge in [0, 0.05) is 30.3 Å². The maximum absolute atomic E-state index is 13.8. The molecular weight excluding hydrogens is 462 g/mol. The average molecular weight is 492 g/mol. The lowest BCUT2D eigenvalue weighted by molar-refractivity contribution is 0.0970. The number of anilines is 1. The van der Waals surface area contributed by atoms with Crippen LogP contribution in [0.25, 0.3) is 11.0 Å². The first-order valence-electron chi connectivity index (χ1n) is 11.7. The number of piperidine rings is 1. The number of fused-ring (bicyclic) bond motifs is 1. The Balaban J connectivity index is 1.60. The molecule has 8 nitrogen and oxygen atoms in total. The van der Waals surface area contributed by atoms with Crippen LogP contribution in [0.5, 0.6) is 5.75 Å². The van der Waals surface area contributed by atoms with Gasteiger partial charge in [0.25, 0.3) is 5.56 Å². The quantitative estimate of drug-likeness (QED) is 0.398. The number of aryl methyl sites for hydroxylation is 1. The van der Waals surface area contributed by atoms with Gasteiger partial charge in [-0.2, -0.15) is 11.3 Å². The van der Waals surface area contributed by atoms with E-state index in [1.165, 1.54) is 10.9 Å². The Kier molecular flexibility index (Phi) is 6.44. The number of methoxy groups -OCH3 is 1. The van der Waals surface area contributed by atoms with Crippen molar-refractivity contribution in [1.82, 2.24) is 14.1 Å². The van der Waals surface area contributed by atoms with Crippen molar-refractivity contribution in [2.45, 2.75) is 38.9 Å².